The maximum absolute atomic E-state index is 13.1. The lowest BCUT2D eigenvalue weighted by Gasteiger charge is -2.26. The van der Waals surface area contributed by atoms with E-state index in [4.69, 9.17) is 16.6 Å². The Morgan fingerprint density at radius 3 is 2.40 bits per heavy atom. The zero-order valence-corrected chi connectivity index (χ0v) is 24.5. The van der Waals surface area contributed by atoms with Gasteiger partial charge in [0.2, 0.25) is 0 Å². The van der Waals surface area contributed by atoms with Crippen LogP contribution in [-0.2, 0) is 16.6 Å². The molecule has 7 nitrogen and oxygen atoms in total. The predicted molar refractivity (Wildman–Crippen MR) is 170 cm³/mol. The van der Waals surface area contributed by atoms with Crippen LogP contribution < -0.4 is 4.72 Å². The molecule has 0 unspecified atom stereocenters. The van der Waals surface area contributed by atoms with Crippen molar-refractivity contribution in [2.75, 3.05) is 17.8 Å². The van der Waals surface area contributed by atoms with Crippen LogP contribution >= 0.6 is 11.6 Å². The van der Waals surface area contributed by atoms with Gasteiger partial charge in [0.15, 0.2) is 5.88 Å². The maximum Gasteiger partial charge on any atom is 0.261 e. The lowest BCUT2D eigenvalue weighted by molar-refractivity contribution is 0.221. The lowest BCUT2D eigenvalue weighted by Crippen LogP contribution is -2.28. The molecule has 1 fully saturated rings. The van der Waals surface area contributed by atoms with Crippen molar-refractivity contribution in [2.45, 2.75) is 30.7 Å². The van der Waals surface area contributed by atoms with Crippen molar-refractivity contribution in [1.82, 2.24) is 9.88 Å². The number of hydrogen-bond donors (Lipinski definition) is 3. The zero-order chi connectivity index (χ0) is 29.1. The molecule has 0 amide bonds. The van der Waals surface area contributed by atoms with E-state index in [1.807, 2.05) is 42.5 Å². The number of aromatic nitrogens is 1. The Kier molecular flexibility index (Phi) is 8.02. The number of piperidine rings is 1. The highest BCUT2D eigenvalue weighted by Gasteiger charge is 2.21. The minimum absolute atomic E-state index is 0.0517. The van der Waals surface area contributed by atoms with E-state index in [0.717, 1.165) is 30.9 Å². The number of sulfonamides is 1. The molecule has 0 saturated carbocycles. The van der Waals surface area contributed by atoms with E-state index in [0.29, 0.717) is 32.9 Å². The molecular weight excluding hydrogens is 568 g/mol. The SMILES string of the molecule is O=S(=O)(Nc1ccc2[nH]c(O)c(C(=Nc3ccc(CN4CCCCC4)cc3)c3ccccc3)c2c1)c1cccc(Cl)c1. The fourth-order valence-electron chi connectivity index (χ4n) is 5.37. The summed E-state index contributed by atoms with van der Waals surface area (Å²) < 4.78 is 28.8. The normalized spacial score (nSPS) is 14.7. The van der Waals surface area contributed by atoms with Crippen LogP contribution in [0.2, 0.25) is 5.02 Å². The Labute approximate surface area is 250 Å². The Bertz CT molecular complexity index is 1850. The number of anilines is 1. The van der Waals surface area contributed by atoms with Gasteiger partial charge in [-0.1, -0.05) is 66.6 Å². The number of likely N-dealkylation sites (tertiary alicyclic amines) is 1. The van der Waals surface area contributed by atoms with Gasteiger partial charge in [0, 0.05) is 33.7 Å². The maximum atomic E-state index is 13.1. The second-order valence-corrected chi connectivity index (χ2v) is 12.6. The van der Waals surface area contributed by atoms with Crippen molar-refractivity contribution < 1.29 is 13.5 Å². The third-order valence-electron chi connectivity index (χ3n) is 7.45. The molecule has 0 bridgehead atoms. The van der Waals surface area contributed by atoms with Crippen LogP contribution in [0, 0.1) is 0 Å². The minimum atomic E-state index is -3.89. The molecule has 2 heterocycles. The molecule has 1 saturated heterocycles. The number of nitrogens with one attached hydrogen (secondary N) is 2. The van der Waals surface area contributed by atoms with E-state index < -0.39 is 10.0 Å². The topological polar surface area (TPSA) is 97.8 Å². The molecule has 3 N–H and O–H groups in total. The fourth-order valence-corrected chi connectivity index (χ4v) is 6.72. The molecule has 9 heteroatoms. The van der Waals surface area contributed by atoms with Gasteiger partial charge in [-0.15, -0.1) is 0 Å². The van der Waals surface area contributed by atoms with E-state index in [-0.39, 0.29) is 10.8 Å². The Hall–Kier alpha value is -4.11. The molecule has 6 rings (SSSR count). The number of aromatic amines is 1. The number of rotatable bonds is 8. The number of hydrogen-bond acceptors (Lipinski definition) is 5. The van der Waals surface area contributed by atoms with E-state index in [2.05, 4.69) is 26.7 Å². The summed E-state index contributed by atoms with van der Waals surface area (Å²) >= 11 is 6.03. The average molecular weight is 599 g/mol. The Balaban J connectivity index is 1.37. The van der Waals surface area contributed by atoms with E-state index in [1.54, 1.807) is 30.3 Å². The third kappa shape index (κ3) is 6.21. The number of fused-ring (bicyclic) bond motifs is 1. The number of aromatic hydroxyl groups is 1. The summed E-state index contributed by atoms with van der Waals surface area (Å²) in [6, 6.07) is 29.0. The Morgan fingerprint density at radius 2 is 1.67 bits per heavy atom. The lowest BCUT2D eigenvalue weighted by atomic mass is 10.0. The molecule has 1 aromatic heterocycles. The first-order valence-electron chi connectivity index (χ1n) is 13.9. The highest BCUT2D eigenvalue weighted by atomic mass is 35.5. The number of aliphatic imine (C=N–C) groups is 1. The van der Waals surface area contributed by atoms with E-state index >= 15 is 0 Å². The standard InChI is InChI=1S/C33H31ClN4O3S/c34-25-10-7-11-28(20-25)42(40,41)37-27-16-17-30-29(21-27)31(33(39)36-30)32(24-8-3-1-4-9-24)35-26-14-12-23(13-15-26)22-38-18-5-2-6-19-38/h1,3-4,7-17,20-21,36-37,39H,2,5-6,18-19,22H2. The molecule has 1 aliphatic rings. The monoisotopic (exact) mass is 598 g/mol. The summed E-state index contributed by atoms with van der Waals surface area (Å²) in [5.41, 5.74) is 4.85. The van der Waals surface area contributed by atoms with Crippen molar-refractivity contribution in [3.8, 4) is 5.88 Å². The van der Waals surface area contributed by atoms with Crippen molar-refractivity contribution in [3.63, 3.8) is 0 Å². The molecule has 42 heavy (non-hydrogen) atoms. The molecule has 214 valence electrons. The van der Waals surface area contributed by atoms with Crippen molar-refractivity contribution in [1.29, 1.82) is 0 Å². The summed E-state index contributed by atoms with van der Waals surface area (Å²) in [6.07, 6.45) is 3.81. The number of halogens is 1. The summed E-state index contributed by atoms with van der Waals surface area (Å²) in [5.74, 6) is -0.0517. The first-order valence-corrected chi connectivity index (χ1v) is 15.8. The van der Waals surface area contributed by atoms with Gasteiger partial charge in [-0.2, -0.15) is 0 Å². The van der Waals surface area contributed by atoms with Gasteiger partial charge in [-0.05, 0) is 80.0 Å². The van der Waals surface area contributed by atoms with E-state index in [9.17, 15) is 13.5 Å². The first kappa shape index (κ1) is 28.0. The quantitative estimate of drug-likeness (QED) is 0.161. The van der Waals surface area contributed by atoms with Crippen LogP contribution in [0.1, 0.15) is 36.0 Å². The van der Waals surface area contributed by atoms with Crippen LogP contribution in [0.4, 0.5) is 11.4 Å². The van der Waals surface area contributed by atoms with Gasteiger partial charge >= 0.3 is 0 Å². The van der Waals surface area contributed by atoms with Gasteiger partial charge in [-0.25, -0.2) is 13.4 Å². The second kappa shape index (κ2) is 12.0. The molecule has 0 spiro atoms. The molecule has 0 atom stereocenters. The molecule has 4 aromatic carbocycles. The smallest absolute Gasteiger partial charge is 0.261 e. The van der Waals surface area contributed by atoms with Crippen LogP contribution in [0.5, 0.6) is 5.88 Å². The summed E-state index contributed by atoms with van der Waals surface area (Å²) in [7, 11) is -3.89. The third-order valence-corrected chi connectivity index (χ3v) is 9.07. The van der Waals surface area contributed by atoms with E-state index in [1.165, 1.54) is 37.0 Å². The van der Waals surface area contributed by atoms with Gasteiger partial charge in [0.05, 0.1) is 21.9 Å². The zero-order valence-electron chi connectivity index (χ0n) is 22.9. The van der Waals surface area contributed by atoms with Crippen LogP contribution in [-0.4, -0.2) is 42.2 Å². The van der Waals surface area contributed by atoms with Gasteiger partial charge in [0.1, 0.15) is 0 Å². The molecule has 5 aromatic rings. The second-order valence-electron chi connectivity index (χ2n) is 10.5. The Morgan fingerprint density at radius 1 is 0.905 bits per heavy atom. The van der Waals surface area contributed by atoms with Gasteiger partial charge in [-0.3, -0.25) is 9.62 Å². The molecule has 1 aliphatic heterocycles. The van der Waals surface area contributed by atoms with Crippen LogP contribution in [0.3, 0.4) is 0 Å². The predicted octanol–water partition coefficient (Wildman–Crippen LogP) is 7.48. The van der Waals surface area contributed by atoms with Gasteiger partial charge in [0.25, 0.3) is 10.0 Å². The highest BCUT2D eigenvalue weighted by molar-refractivity contribution is 7.92. The summed E-state index contributed by atoms with van der Waals surface area (Å²) in [6.45, 7) is 3.19. The first-order chi connectivity index (χ1) is 20.4. The summed E-state index contributed by atoms with van der Waals surface area (Å²) in [4.78, 5) is 10.6. The van der Waals surface area contributed by atoms with Gasteiger partial charge < -0.3 is 10.1 Å². The largest absolute Gasteiger partial charge is 0.494 e. The molecular formula is C33H31ClN4O3S. The number of H-pyrrole nitrogens is 1. The van der Waals surface area contributed by atoms with Crippen molar-refractivity contribution >= 4 is 49.6 Å². The average Bonchev–Trinajstić information content (AvgIpc) is 3.32. The summed E-state index contributed by atoms with van der Waals surface area (Å²) in [5, 5.41) is 12.1. The van der Waals surface area contributed by atoms with Crippen LogP contribution in [0.25, 0.3) is 10.9 Å². The van der Waals surface area contributed by atoms with Crippen molar-refractivity contribution in [2.24, 2.45) is 4.99 Å². The number of benzene rings is 4. The number of nitrogens with zero attached hydrogens (tertiary/aromatic N) is 2. The fraction of sp³-hybridized carbons (Fsp3) is 0.182. The van der Waals surface area contributed by atoms with Crippen LogP contribution in [0.15, 0.2) is 107 Å². The molecule has 0 radical (unpaired) electrons. The minimum Gasteiger partial charge on any atom is -0.494 e. The van der Waals surface area contributed by atoms with Crippen molar-refractivity contribution in [3.05, 3.63) is 119 Å². The highest BCUT2D eigenvalue weighted by Crippen LogP contribution is 2.34. The molecule has 0 aliphatic carbocycles.